The summed E-state index contributed by atoms with van der Waals surface area (Å²) in [6, 6.07) is -0.553. The predicted molar refractivity (Wildman–Crippen MR) is 329 cm³/mol. The van der Waals surface area contributed by atoms with Gasteiger partial charge in [-0.05, 0) is 83.5 Å². The molecule has 0 aliphatic rings. The molecule has 0 aliphatic carbocycles. The van der Waals surface area contributed by atoms with E-state index in [0.717, 1.165) is 64.2 Å². The van der Waals surface area contributed by atoms with Crippen LogP contribution in [0.2, 0.25) is 0 Å². The zero-order valence-corrected chi connectivity index (χ0v) is 50.5. The van der Waals surface area contributed by atoms with Crippen LogP contribution in [0.4, 0.5) is 0 Å². The molecule has 0 fully saturated rings. The number of aliphatic hydroxyl groups is 2. The van der Waals surface area contributed by atoms with Crippen LogP contribution in [-0.2, 0) is 14.3 Å². The lowest BCUT2D eigenvalue weighted by Crippen LogP contribution is -2.45. The molecule has 3 N–H and O–H groups in total. The average molecular weight is 1050 g/mol. The third-order valence-electron chi connectivity index (χ3n) is 15.7. The molecule has 0 aromatic heterocycles. The first-order valence-electron chi connectivity index (χ1n) is 33.7. The van der Waals surface area contributed by atoms with Crippen LogP contribution in [0.5, 0.6) is 0 Å². The second kappa shape index (κ2) is 64.6. The summed E-state index contributed by atoms with van der Waals surface area (Å²) in [5, 5.41) is 23.4. The number of unbranched alkanes of at least 4 members (excludes halogenated alkanes) is 46. The summed E-state index contributed by atoms with van der Waals surface area (Å²) >= 11 is 0. The third kappa shape index (κ3) is 61.2. The van der Waals surface area contributed by atoms with Gasteiger partial charge in [0.2, 0.25) is 5.91 Å². The Balaban J connectivity index is 3.45. The number of nitrogens with one attached hydrogen (secondary N) is 1. The molecule has 1 amide bonds. The molecule has 0 bridgehead atoms. The molecular weight excluding hydrogens is 923 g/mol. The topological polar surface area (TPSA) is 95.9 Å². The van der Waals surface area contributed by atoms with Gasteiger partial charge in [-0.1, -0.05) is 307 Å². The first-order valence-corrected chi connectivity index (χ1v) is 33.7. The summed E-state index contributed by atoms with van der Waals surface area (Å²) in [5.74, 6) is -0.0521. The van der Waals surface area contributed by atoms with Crippen molar-refractivity contribution in [3.8, 4) is 0 Å². The molecule has 75 heavy (non-hydrogen) atoms. The molecule has 0 aliphatic heterocycles. The van der Waals surface area contributed by atoms with E-state index in [2.05, 4.69) is 55.6 Å². The van der Waals surface area contributed by atoms with Crippen molar-refractivity contribution in [2.75, 3.05) is 13.2 Å². The second-order valence-electron chi connectivity index (χ2n) is 23.1. The molecule has 0 heterocycles. The van der Waals surface area contributed by atoms with Crippen LogP contribution < -0.4 is 5.32 Å². The van der Waals surface area contributed by atoms with E-state index in [1.54, 1.807) is 0 Å². The van der Waals surface area contributed by atoms with E-state index in [-0.39, 0.29) is 18.5 Å². The fourth-order valence-corrected chi connectivity index (χ4v) is 10.5. The number of carbonyl (C=O) groups excluding carboxylic acids is 2. The van der Waals surface area contributed by atoms with Gasteiger partial charge in [-0.2, -0.15) is 0 Å². The van der Waals surface area contributed by atoms with Crippen molar-refractivity contribution in [2.24, 2.45) is 0 Å². The molecule has 0 aromatic carbocycles. The molecule has 2 atom stereocenters. The van der Waals surface area contributed by atoms with E-state index >= 15 is 0 Å². The third-order valence-corrected chi connectivity index (χ3v) is 15.7. The van der Waals surface area contributed by atoms with E-state index in [1.807, 2.05) is 0 Å². The van der Waals surface area contributed by atoms with Gasteiger partial charge in [-0.15, -0.1) is 0 Å². The molecule has 0 rings (SSSR count). The van der Waals surface area contributed by atoms with E-state index in [9.17, 15) is 19.8 Å². The van der Waals surface area contributed by atoms with Crippen LogP contribution in [0, 0.1) is 0 Å². The van der Waals surface area contributed by atoms with Gasteiger partial charge in [-0.3, -0.25) is 9.59 Å². The summed E-state index contributed by atoms with van der Waals surface area (Å²) in [4.78, 5) is 24.6. The van der Waals surface area contributed by atoms with Crippen molar-refractivity contribution < 1.29 is 24.5 Å². The SMILES string of the molecule is CCCCCC/C=C\C/C=C\CCCCCCCCCC(=O)OCCCCCCCC/C=C\CCCCCCCCCC(=O)NC(CO)C(O)CCCCCCCCCCCCCCCCCCCCCCCCC. The summed E-state index contributed by atoms with van der Waals surface area (Å²) in [7, 11) is 0. The van der Waals surface area contributed by atoms with Crippen molar-refractivity contribution in [3.05, 3.63) is 36.5 Å². The molecule has 2 unspecified atom stereocenters. The number of amides is 1. The highest BCUT2D eigenvalue weighted by Crippen LogP contribution is 2.18. The average Bonchev–Trinajstić information content (AvgIpc) is 3.41. The lowest BCUT2D eigenvalue weighted by atomic mass is 10.0. The molecule has 0 saturated carbocycles. The maximum atomic E-state index is 12.5. The van der Waals surface area contributed by atoms with Crippen LogP contribution in [0.3, 0.4) is 0 Å². The Hall–Kier alpha value is -1.92. The van der Waals surface area contributed by atoms with Crippen molar-refractivity contribution >= 4 is 11.9 Å². The van der Waals surface area contributed by atoms with Crippen LogP contribution in [0.25, 0.3) is 0 Å². The smallest absolute Gasteiger partial charge is 0.305 e. The molecular formula is C69H131NO5. The minimum Gasteiger partial charge on any atom is -0.466 e. The number of esters is 1. The first-order chi connectivity index (χ1) is 37.0. The number of hydrogen-bond donors (Lipinski definition) is 3. The standard InChI is InChI=1S/C69H131NO5/c1-3-5-7-9-11-13-15-17-19-21-23-24-25-26-27-29-33-37-41-45-49-53-57-61-67(72)66(65-71)70-68(73)62-58-54-50-46-42-38-34-30-28-32-36-40-44-48-52-56-60-64-75-69(74)63-59-55-51-47-43-39-35-31-22-20-18-16-14-12-10-8-6-4-2/h14,16,20,22,28,32,66-67,71-72H,3-13,15,17-19,21,23-27,29-31,33-65H2,1-2H3,(H,70,73)/b16-14-,22-20-,32-28-. The van der Waals surface area contributed by atoms with Gasteiger partial charge in [-0.25, -0.2) is 0 Å². The Labute approximate surface area is 468 Å². The van der Waals surface area contributed by atoms with Crippen LogP contribution >= 0.6 is 0 Å². The summed E-state index contributed by atoms with van der Waals surface area (Å²) in [6.45, 7) is 4.94. The quantitative estimate of drug-likeness (QED) is 0.0320. The highest BCUT2D eigenvalue weighted by Gasteiger charge is 2.20. The number of ether oxygens (including phenoxy) is 1. The highest BCUT2D eigenvalue weighted by atomic mass is 16.5. The fraction of sp³-hybridized carbons (Fsp3) is 0.884. The molecule has 0 saturated heterocycles. The number of aliphatic hydroxyl groups excluding tert-OH is 2. The summed E-state index contributed by atoms with van der Waals surface area (Å²) in [5.41, 5.74) is 0. The fourth-order valence-electron chi connectivity index (χ4n) is 10.5. The predicted octanol–water partition coefficient (Wildman–Crippen LogP) is 21.5. The molecule has 0 spiro atoms. The zero-order valence-electron chi connectivity index (χ0n) is 50.5. The first kappa shape index (κ1) is 73.1. The lowest BCUT2D eigenvalue weighted by Gasteiger charge is -2.22. The van der Waals surface area contributed by atoms with Crippen LogP contribution in [0.15, 0.2) is 36.5 Å². The van der Waals surface area contributed by atoms with Crippen molar-refractivity contribution in [2.45, 2.75) is 379 Å². The van der Waals surface area contributed by atoms with Crippen LogP contribution in [0.1, 0.15) is 367 Å². The monoisotopic (exact) mass is 1050 g/mol. The number of carbonyl (C=O) groups is 2. The van der Waals surface area contributed by atoms with Crippen molar-refractivity contribution in [3.63, 3.8) is 0 Å². The van der Waals surface area contributed by atoms with Gasteiger partial charge >= 0.3 is 5.97 Å². The largest absolute Gasteiger partial charge is 0.466 e. The second-order valence-corrected chi connectivity index (χ2v) is 23.1. The molecule has 0 aromatic rings. The minimum atomic E-state index is -0.674. The molecule has 6 heteroatoms. The Kier molecular flexibility index (Phi) is 63.0. The van der Waals surface area contributed by atoms with Gasteiger partial charge in [0, 0.05) is 12.8 Å². The van der Waals surface area contributed by atoms with E-state index in [1.165, 1.54) is 270 Å². The lowest BCUT2D eigenvalue weighted by molar-refractivity contribution is -0.143. The van der Waals surface area contributed by atoms with E-state index in [0.29, 0.717) is 25.9 Å². The molecule has 442 valence electrons. The van der Waals surface area contributed by atoms with E-state index in [4.69, 9.17) is 4.74 Å². The van der Waals surface area contributed by atoms with Gasteiger partial charge in [0.15, 0.2) is 0 Å². The maximum Gasteiger partial charge on any atom is 0.305 e. The Bertz CT molecular complexity index is 1210. The van der Waals surface area contributed by atoms with Gasteiger partial charge in [0.25, 0.3) is 0 Å². The zero-order chi connectivity index (χ0) is 54.3. The normalized spacial score (nSPS) is 12.7. The van der Waals surface area contributed by atoms with Gasteiger partial charge in [0.05, 0.1) is 25.4 Å². The number of hydrogen-bond acceptors (Lipinski definition) is 5. The number of rotatable bonds is 63. The van der Waals surface area contributed by atoms with Gasteiger partial charge < -0.3 is 20.3 Å². The Morgan fingerprint density at radius 2 is 0.667 bits per heavy atom. The van der Waals surface area contributed by atoms with Crippen molar-refractivity contribution in [1.29, 1.82) is 0 Å². The highest BCUT2D eigenvalue weighted by molar-refractivity contribution is 5.76. The van der Waals surface area contributed by atoms with E-state index < -0.39 is 12.1 Å². The van der Waals surface area contributed by atoms with Crippen LogP contribution in [-0.4, -0.2) is 47.4 Å². The summed E-state index contributed by atoms with van der Waals surface area (Å²) < 4.78 is 5.49. The minimum absolute atomic E-state index is 0.00837. The molecule has 6 nitrogen and oxygen atoms in total. The number of allylic oxidation sites excluding steroid dienone is 6. The Morgan fingerprint density at radius 1 is 0.373 bits per heavy atom. The summed E-state index contributed by atoms with van der Waals surface area (Å²) in [6.07, 6.45) is 81.6. The Morgan fingerprint density at radius 3 is 1.04 bits per heavy atom. The van der Waals surface area contributed by atoms with Crippen molar-refractivity contribution in [1.82, 2.24) is 5.32 Å². The maximum absolute atomic E-state index is 12.5. The molecule has 0 radical (unpaired) electrons. The van der Waals surface area contributed by atoms with Gasteiger partial charge in [0.1, 0.15) is 0 Å².